The summed E-state index contributed by atoms with van der Waals surface area (Å²) >= 11 is 0. The predicted molar refractivity (Wildman–Crippen MR) is 90.8 cm³/mol. The molecular weight excluding hydrogens is 302 g/mol. The summed E-state index contributed by atoms with van der Waals surface area (Å²) in [6, 6.07) is 12.2. The molecule has 3 nitrogen and oxygen atoms in total. The van der Waals surface area contributed by atoms with E-state index in [9.17, 15) is 0 Å². The van der Waals surface area contributed by atoms with E-state index in [0.29, 0.717) is 0 Å². The lowest BCUT2D eigenvalue weighted by molar-refractivity contribution is 0.496. The van der Waals surface area contributed by atoms with Crippen LogP contribution >= 0.6 is 18.1 Å². The van der Waals surface area contributed by atoms with Crippen molar-refractivity contribution in [1.82, 2.24) is 0 Å². The lowest BCUT2D eigenvalue weighted by Gasteiger charge is -2.10. The van der Waals surface area contributed by atoms with Crippen molar-refractivity contribution < 1.29 is 13.4 Å². The maximum absolute atomic E-state index is 5.61. The Kier molecular flexibility index (Phi) is 5.99. The Bertz CT molecular complexity index is 561. The van der Waals surface area contributed by atoms with Crippen LogP contribution in [0.4, 0.5) is 0 Å². The minimum absolute atomic E-state index is 0.0637. The molecule has 2 unspecified atom stereocenters. The summed E-state index contributed by atoms with van der Waals surface area (Å²) in [6.45, 7) is 8.19. The Hall–Kier alpha value is -1.14. The Morgan fingerprint density at radius 2 is 1.10 bits per heavy atom. The van der Waals surface area contributed by atoms with Crippen LogP contribution in [0.25, 0.3) is 0 Å². The van der Waals surface area contributed by atoms with E-state index in [1.54, 1.807) is 0 Å². The summed E-state index contributed by atoms with van der Waals surface area (Å²) < 4.78 is 16.6. The lowest BCUT2D eigenvalue weighted by Crippen LogP contribution is -1.86. The molecule has 0 aliphatic heterocycles. The fourth-order valence-electron chi connectivity index (χ4n) is 1.98. The molecule has 112 valence electrons. The smallest absolute Gasteiger partial charge is 0.221 e. The van der Waals surface area contributed by atoms with Gasteiger partial charge in [-0.25, -0.2) is 0 Å². The van der Waals surface area contributed by atoms with Gasteiger partial charge < -0.3 is 9.05 Å². The van der Waals surface area contributed by atoms with Crippen molar-refractivity contribution >= 4 is 18.1 Å². The Morgan fingerprint density at radius 1 is 0.667 bits per heavy atom. The fraction of sp³-hybridized carbons (Fsp3) is 0.250. The summed E-state index contributed by atoms with van der Waals surface area (Å²) in [7, 11) is -0.127. The monoisotopic (exact) mass is 322 g/mol. The first-order valence-electron chi connectivity index (χ1n) is 6.70. The van der Waals surface area contributed by atoms with Crippen molar-refractivity contribution in [2.45, 2.75) is 27.7 Å². The van der Waals surface area contributed by atoms with Crippen LogP contribution < -0.4 is 9.05 Å². The maximum atomic E-state index is 5.61. The minimum atomic E-state index is -0.0637. The van der Waals surface area contributed by atoms with Gasteiger partial charge in [0.15, 0.2) is 0 Å². The fourth-order valence-corrected chi connectivity index (χ4v) is 3.08. The third kappa shape index (κ3) is 4.97. The quantitative estimate of drug-likeness (QED) is 0.525. The second-order valence-corrected chi connectivity index (χ2v) is 6.57. The van der Waals surface area contributed by atoms with E-state index in [1.807, 2.05) is 38.1 Å². The van der Waals surface area contributed by atoms with Crippen LogP contribution in [0.5, 0.6) is 11.5 Å². The second kappa shape index (κ2) is 7.75. The van der Waals surface area contributed by atoms with Gasteiger partial charge in [-0.15, -0.1) is 0 Å². The number of benzene rings is 2. The molecule has 0 amide bonds. The predicted octanol–water partition coefficient (Wildman–Crippen LogP) is 5.41. The van der Waals surface area contributed by atoms with Crippen LogP contribution in [-0.2, 0) is 4.31 Å². The Labute approximate surface area is 129 Å². The minimum Gasteiger partial charge on any atom is -0.449 e. The summed E-state index contributed by atoms with van der Waals surface area (Å²) in [4.78, 5) is 0. The average molecular weight is 322 g/mol. The van der Waals surface area contributed by atoms with Gasteiger partial charge in [0, 0.05) is 0 Å². The van der Waals surface area contributed by atoms with Crippen LogP contribution in [0, 0.1) is 27.7 Å². The van der Waals surface area contributed by atoms with Gasteiger partial charge in [-0.05, 0) is 51.0 Å². The zero-order valence-corrected chi connectivity index (χ0v) is 14.7. The molecule has 2 rings (SSSR count). The Morgan fingerprint density at radius 3 is 1.48 bits per heavy atom. The van der Waals surface area contributed by atoms with Crippen LogP contribution in [0.2, 0.25) is 0 Å². The molecule has 2 atom stereocenters. The molecule has 5 heteroatoms. The SMILES string of the molecule is Cc1ccc(OPOPOc2ccc(C)cc2C)c(C)c1. The summed E-state index contributed by atoms with van der Waals surface area (Å²) in [6.07, 6.45) is 0. The summed E-state index contributed by atoms with van der Waals surface area (Å²) in [5.74, 6) is 1.71. The van der Waals surface area contributed by atoms with E-state index in [4.69, 9.17) is 13.4 Å². The van der Waals surface area contributed by atoms with Crippen LogP contribution in [0.1, 0.15) is 22.3 Å². The molecule has 0 radical (unpaired) electrons. The highest BCUT2D eigenvalue weighted by Gasteiger charge is 2.02. The van der Waals surface area contributed by atoms with E-state index in [-0.39, 0.29) is 18.1 Å². The van der Waals surface area contributed by atoms with E-state index < -0.39 is 0 Å². The van der Waals surface area contributed by atoms with Gasteiger partial charge in [-0.1, -0.05) is 35.4 Å². The standard InChI is InChI=1S/C16H20O3P2/c1-11-5-7-15(13(3)9-11)17-20-19-21-18-16-8-6-12(2)10-14(16)4/h5-10,20-21H,1-4H3. The zero-order valence-electron chi connectivity index (χ0n) is 12.7. The van der Waals surface area contributed by atoms with E-state index in [1.165, 1.54) is 11.1 Å². The van der Waals surface area contributed by atoms with Crippen molar-refractivity contribution in [3.63, 3.8) is 0 Å². The number of rotatable bonds is 6. The largest absolute Gasteiger partial charge is 0.449 e. The second-order valence-electron chi connectivity index (χ2n) is 5.01. The Balaban J connectivity index is 1.75. The molecular formula is C16H20O3P2. The number of hydrogen-bond donors (Lipinski definition) is 0. The number of hydrogen-bond acceptors (Lipinski definition) is 3. The van der Waals surface area contributed by atoms with Crippen molar-refractivity contribution in [2.24, 2.45) is 0 Å². The highest BCUT2D eigenvalue weighted by Crippen LogP contribution is 2.34. The van der Waals surface area contributed by atoms with Crippen molar-refractivity contribution in [1.29, 1.82) is 0 Å². The number of aryl methyl sites for hydroxylation is 4. The van der Waals surface area contributed by atoms with Gasteiger partial charge in [0.05, 0.1) is 0 Å². The lowest BCUT2D eigenvalue weighted by atomic mass is 10.1. The molecule has 0 aliphatic carbocycles. The first kappa shape index (κ1) is 16.2. The highest BCUT2D eigenvalue weighted by molar-refractivity contribution is 7.41. The van der Waals surface area contributed by atoms with Gasteiger partial charge >= 0.3 is 0 Å². The van der Waals surface area contributed by atoms with Crippen molar-refractivity contribution in [2.75, 3.05) is 0 Å². The topological polar surface area (TPSA) is 27.7 Å². The van der Waals surface area contributed by atoms with Crippen LogP contribution in [-0.4, -0.2) is 0 Å². The van der Waals surface area contributed by atoms with E-state index in [2.05, 4.69) is 26.0 Å². The van der Waals surface area contributed by atoms with Gasteiger partial charge in [-0.2, -0.15) is 0 Å². The van der Waals surface area contributed by atoms with Crippen molar-refractivity contribution in [3.8, 4) is 11.5 Å². The molecule has 0 saturated heterocycles. The molecule has 0 fully saturated rings. The van der Waals surface area contributed by atoms with Gasteiger partial charge in [0.25, 0.3) is 0 Å². The molecule has 0 heterocycles. The van der Waals surface area contributed by atoms with Gasteiger partial charge in [0.1, 0.15) is 11.5 Å². The molecule has 0 aliphatic rings. The molecule has 21 heavy (non-hydrogen) atoms. The zero-order chi connectivity index (χ0) is 15.2. The third-order valence-electron chi connectivity index (χ3n) is 3.05. The van der Waals surface area contributed by atoms with Crippen molar-refractivity contribution in [3.05, 3.63) is 58.7 Å². The third-order valence-corrected chi connectivity index (χ3v) is 4.32. The van der Waals surface area contributed by atoms with E-state index in [0.717, 1.165) is 22.6 Å². The molecule has 0 spiro atoms. The van der Waals surface area contributed by atoms with E-state index >= 15 is 0 Å². The molecule has 0 N–H and O–H groups in total. The molecule has 2 aromatic rings. The van der Waals surface area contributed by atoms with Gasteiger partial charge in [0.2, 0.25) is 18.1 Å². The maximum Gasteiger partial charge on any atom is 0.221 e. The normalized spacial score (nSPS) is 11.6. The molecule has 2 aromatic carbocycles. The summed E-state index contributed by atoms with van der Waals surface area (Å²) in [5, 5.41) is 0. The first-order valence-corrected chi connectivity index (χ1v) is 8.33. The molecule has 0 aromatic heterocycles. The van der Waals surface area contributed by atoms with Crippen LogP contribution in [0.3, 0.4) is 0 Å². The molecule has 0 bridgehead atoms. The summed E-state index contributed by atoms with van der Waals surface area (Å²) in [5.41, 5.74) is 4.68. The first-order chi connectivity index (χ1) is 10.1. The van der Waals surface area contributed by atoms with Crippen LogP contribution in [0.15, 0.2) is 36.4 Å². The molecule has 0 saturated carbocycles. The van der Waals surface area contributed by atoms with Gasteiger partial charge in [-0.3, -0.25) is 4.31 Å². The average Bonchev–Trinajstić information content (AvgIpc) is 2.42. The highest BCUT2D eigenvalue weighted by atomic mass is 31.2.